The Kier molecular flexibility index (Phi) is 6.24. The number of guanidine groups is 1. The van der Waals surface area contributed by atoms with E-state index in [0.29, 0.717) is 12.8 Å². The molecule has 1 fully saturated rings. The van der Waals surface area contributed by atoms with Gasteiger partial charge in [-0.2, -0.15) is 0 Å². The van der Waals surface area contributed by atoms with Crippen molar-refractivity contribution in [2.75, 3.05) is 0 Å². The van der Waals surface area contributed by atoms with Gasteiger partial charge in [-0.05, 0) is 56.7 Å². The van der Waals surface area contributed by atoms with Crippen LogP contribution in [0.15, 0.2) is 53.8 Å². The number of ether oxygens (including phenoxy) is 1. The van der Waals surface area contributed by atoms with E-state index in [-0.39, 0.29) is 59.6 Å². The minimum Gasteiger partial charge on any atom is -0.487 e. The lowest BCUT2D eigenvalue weighted by atomic mass is 9.81. The highest BCUT2D eigenvalue weighted by molar-refractivity contribution is 5.99. The van der Waals surface area contributed by atoms with Crippen LogP contribution in [0, 0.1) is 17.8 Å². The second-order valence-corrected chi connectivity index (χ2v) is 11.8. The number of nitrogens with zero attached hydrogens (tertiary/aromatic N) is 3. The summed E-state index contributed by atoms with van der Waals surface area (Å²) in [6, 6.07) is 11.2. The van der Waals surface area contributed by atoms with Crippen LogP contribution in [0.4, 0.5) is 0 Å². The molecule has 0 radical (unpaired) electrons. The molecule has 1 aromatic heterocycles. The van der Waals surface area contributed by atoms with E-state index in [2.05, 4.69) is 36.1 Å². The number of fused-ring (bicyclic) bond motifs is 1. The predicted octanol–water partition coefficient (Wildman–Crippen LogP) is 4.14. The molecule has 0 bridgehead atoms. The minimum absolute atomic E-state index is 0.00741. The average Bonchev–Trinajstić information content (AvgIpc) is 3.62. The molecule has 2 aliphatic heterocycles. The SMILES string of the molecule is CC(C)C1(C)C[C@H](NC(=O)C2CC2[C@@H](c2cccnc2)N2C(=O)CC(C)(C)N=C2N)c2ccccc2O1. The summed E-state index contributed by atoms with van der Waals surface area (Å²) in [5.74, 6) is 0.903. The molecule has 1 aromatic carbocycles. The van der Waals surface area contributed by atoms with Gasteiger partial charge in [-0.1, -0.05) is 38.1 Å². The van der Waals surface area contributed by atoms with Gasteiger partial charge in [0.25, 0.3) is 0 Å². The largest absolute Gasteiger partial charge is 0.487 e. The molecule has 196 valence electrons. The highest BCUT2D eigenvalue weighted by Crippen LogP contribution is 2.52. The first kappa shape index (κ1) is 25.2. The molecule has 8 nitrogen and oxygen atoms in total. The number of carbonyl (C=O) groups is 2. The number of hydrogen-bond acceptors (Lipinski definition) is 6. The normalized spacial score (nSPS) is 29.1. The fraction of sp³-hybridized carbons (Fsp3) is 0.517. The molecule has 3 unspecified atom stereocenters. The molecule has 2 amide bonds. The van der Waals surface area contributed by atoms with Crippen molar-refractivity contribution in [3.8, 4) is 5.75 Å². The van der Waals surface area contributed by atoms with Crippen LogP contribution >= 0.6 is 0 Å². The molecular weight excluding hydrogens is 466 g/mol. The third kappa shape index (κ3) is 4.81. The number of rotatable bonds is 6. The maximum atomic E-state index is 13.6. The standard InChI is InChI=1S/C29H37N5O3/c1-17(2)29(5)14-22(19-10-6-7-11-23(19)37-29)32-26(36)21-13-20(21)25(18-9-8-12-31-16-18)34-24(35)15-28(3,4)33-27(34)30/h6-12,16-17,20-22,25H,13-15H2,1-5H3,(H2,30,33)(H,32,36)/t20?,21?,22-,25+,29?/m0/s1. The first-order valence-electron chi connectivity index (χ1n) is 13.1. The molecule has 5 rings (SSSR count). The zero-order valence-corrected chi connectivity index (χ0v) is 22.3. The molecule has 5 atom stereocenters. The van der Waals surface area contributed by atoms with Crippen LogP contribution in [-0.4, -0.2) is 38.8 Å². The molecule has 3 N–H and O–H groups in total. The lowest BCUT2D eigenvalue weighted by Gasteiger charge is -2.43. The van der Waals surface area contributed by atoms with Gasteiger partial charge in [-0.3, -0.25) is 19.5 Å². The molecule has 2 aromatic rings. The second kappa shape index (κ2) is 9.15. The number of nitrogens with one attached hydrogen (secondary N) is 1. The van der Waals surface area contributed by atoms with Crippen molar-refractivity contribution in [3.05, 3.63) is 59.9 Å². The minimum atomic E-state index is -0.545. The summed E-state index contributed by atoms with van der Waals surface area (Å²) in [7, 11) is 0. The summed E-state index contributed by atoms with van der Waals surface area (Å²) >= 11 is 0. The summed E-state index contributed by atoms with van der Waals surface area (Å²) in [6.45, 7) is 10.2. The summed E-state index contributed by atoms with van der Waals surface area (Å²) in [5, 5.41) is 3.32. The summed E-state index contributed by atoms with van der Waals surface area (Å²) in [4.78, 5) is 37.3. The number of hydrogen-bond donors (Lipinski definition) is 2. The Morgan fingerprint density at radius 2 is 1.95 bits per heavy atom. The second-order valence-electron chi connectivity index (χ2n) is 11.8. The van der Waals surface area contributed by atoms with Crippen molar-refractivity contribution < 1.29 is 14.3 Å². The van der Waals surface area contributed by atoms with Crippen LogP contribution in [0.25, 0.3) is 0 Å². The molecule has 3 heterocycles. The third-order valence-electron chi connectivity index (χ3n) is 8.19. The Morgan fingerprint density at radius 1 is 1.19 bits per heavy atom. The molecule has 8 heteroatoms. The van der Waals surface area contributed by atoms with Crippen LogP contribution < -0.4 is 15.8 Å². The maximum absolute atomic E-state index is 13.6. The van der Waals surface area contributed by atoms with Gasteiger partial charge < -0.3 is 15.8 Å². The Balaban J connectivity index is 1.40. The lowest BCUT2D eigenvalue weighted by Crippen LogP contribution is -2.52. The Hall–Kier alpha value is -3.42. The van der Waals surface area contributed by atoms with Crippen LogP contribution in [0.2, 0.25) is 0 Å². The van der Waals surface area contributed by atoms with Crippen molar-refractivity contribution in [1.82, 2.24) is 15.2 Å². The van der Waals surface area contributed by atoms with Crippen molar-refractivity contribution in [2.24, 2.45) is 28.5 Å². The Labute approximate surface area is 218 Å². The summed E-state index contributed by atoms with van der Waals surface area (Å²) in [6.07, 6.45) is 5.07. The third-order valence-corrected chi connectivity index (χ3v) is 8.19. The molecule has 0 saturated heterocycles. The van der Waals surface area contributed by atoms with Crippen molar-refractivity contribution in [2.45, 2.75) is 77.1 Å². The van der Waals surface area contributed by atoms with E-state index in [1.54, 1.807) is 17.3 Å². The number of aromatic nitrogens is 1. The van der Waals surface area contributed by atoms with E-state index in [1.165, 1.54) is 0 Å². The number of pyridine rings is 1. The highest BCUT2D eigenvalue weighted by atomic mass is 16.5. The maximum Gasteiger partial charge on any atom is 0.232 e. The van der Waals surface area contributed by atoms with Gasteiger partial charge >= 0.3 is 0 Å². The molecule has 37 heavy (non-hydrogen) atoms. The first-order valence-corrected chi connectivity index (χ1v) is 13.1. The first-order chi connectivity index (χ1) is 17.5. The lowest BCUT2D eigenvalue weighted by molar-refractivity contribution is -0.132. The van der Waals surface area contributed by atoms with Crippen molar-refractivity contribution >= 4 is 17.8 Å². The van der Waals surface area contributed by atoms with Crippen LogP contribution in [0.1, 0.15) is 77.1 Å². The fourth-order valence-corrected chi connectivity index (χ4v) is 5.72. The van der Waals surface area contributed by atoms with Gasteiger partial charge in [0, 0.05) is 30.3 Å². The van der Waals surface area contributed by atoms with Crippen LogP contribution in [-0.2, 0) is 9.59 Å². The van der Waals surface area contributed by atoms with Gasteiger partial charge in [0.2, 0.25) is 11.8 Å². The smallest absolute Gasteiger partial charge is 0.232 e. The zero-order chi connectivity index (χ0) is 26.5. The van der Waals surface area contributed by atoms with Gasteiger partial charge in [-0.15, -0.1) is 0 Å². The zero-order valence-electron chi connectivity index (χ0n) is 22.3. The van der Waals surface area contributed by atoms with Crippen molar-refractivity contribution in [3.63, 3.8) is 0 Å². The summed E-state index contributed by atoms with van der Waals surface area (Å²) < 4.78 is 6.38. The van der Waals surface area contributed by atoms with E-state index in [1.807, 2.05) is 50.2 Å². The van der Waals surface area contributed by atoms with E-state index < -0.39 is 5.54 Å². The number of benzene rings is 1. The van der Waals surface area contributed by atoms with Crippen molar-refractivity contribution in [1.29, 1.82) is 0 Å². The van der Waals surface area contributed by atoms with E-state index in [4.69, 9.17) is 10.5 Å². The molecule has 1 saturated carbocycles. The predicted molar refractivity (Wildman–Crippen MR) is 142 cm³/mol. The van der Waals surface area contributed by atoms with Gasteiger partial charge in [0.1, 0.15) is 11.4 Å². The van der Waals surface area contributed by atoms with Crippen LogP contribution in [0.5, 0.6) is 5.75 Å². The highest BCUT2D eigenvalue weighted by Gasteiger charge is 2.53. The quantitative estimate of drug-likeness (QED) is 0.616. The molecule has 3 aliphatic rings. The average molecular weight is 504 g/mol. The number of nitrogens with two attached hydrogens (primary N) is 1. The Bertz CT molecular complexity index is 1230. The van der Waals surface area contributed by atoms with E-state index >= 15 is 0 Å². The van der Waals surface area contributed by atoms with Crippen LogP contribution in [0.3, 0.4) is 0 Å². The number of carbonyl (C=O) groups excluding carboxylic acids is 2. The van der Waals surface area contributed by atoms with E-state index in [9.17, 15) is 9.59 Å². The molecule has 1 aliphatic carbocycles. The Morgan fingerprint density at radius 3 is 2.62 bits per heavy atom. The summed E-state index contributed by atoms with van der Waals surface area (Å²) in [5.41, 5.74) is 7.28. The molecular formula is C29H37N5O3. The number of para-hydroxylation sites is 1. The topological polar surface area (TPSA) is 110 Å². The van der Waals surface area contributed by atoms with Gasteiger partial charge in [0.15, 0.2) is 5.96 Å². The van der Waals surface area contributed by atoms with Gasteiger partial charge in [0.05, 0.1) is 24.0 Å². The fourth-order valence-electron chi connectivity index (χ4n) is 5.72. The number of amides is 2. The van der Waals surface area contributed by atoms with E-state index in [0.717, 1.165) is 16.9 Å². The van der Waals surface area contributed by atoms with Gasteiger partial charge in [-0.25, -0.2) is 4.99 Å². The monoisotopic (exact) mass is 503 g/mol. The molecule has 0 spiro atoms. The number of aliphatic imine (C=N–C) groups is 1.